The van der Waals surface area contributed by atoms with Crippen molar-refractivity contribution in [1.82, 2.24) is 5.32 Å². The minimum atomic E-state index is -0.358. The molecular formula is C20H31N3O3. The Morgan fingerprint density at radius 3 is 2.73 bits per heavy atom. The highest BCUT2D eigenvalue weighted by molar-refractivity contribution is 5.77. The van der Waals surface area contributed by atoms with Crippen molar-refractivity contribution in [1.29, 1.82) is 0 Å². The van der Waals surface area contributed by atoms with Gasteiger partial charge in [0.2, 0.25) is 0 Å². The van der Waals surface area contributed by atoms with Crippen molar-refractivity contribution in [3.05, 3.63) is 29.8 Å². The fraction of sp³-hybridized carbons (Fsp3) is 0.650. The second-order valence-electron chi connectivity index (χ2n) is 7.39. The maximum absolute atomic E-state index is 6.16. The number of hydrogen-bond acceptors (Lipinski definition) is 4. The zero-order chi connectivity index (χ0) is 18.4. The summed E-state index contributed by atoms with van der Waals surface area (Å²) in [5, 5.41) is 3.16. The second-order valence-corrected chi connectivity index (χ2v) is 7.39. The quantitative estimate of drug-likeness (QED) is 0.601. The Morgan fingerprint density at radius 2 is 2.04 bits per heavy atom. The van der Waals surface area contributed by atoms with E-state index < -0.39 is 0 Å². The molecule has 3 rings (SSSR count). The lowest BCUT2D eigenvalue weighted by Gasteiger charge is -2.34. The number of benzene rings is 1. The van der Waals surface area contributed by atoms with E-state index in [1.807, 2.05) is 12.1 Å². The maximum atomic E-state index is 6.16. The summed E-state index contributed by atoms with van der Waals surface area (Å²) >= 11 is 0. The summed E-state index contributed by atoms with van der Waals surface area (Å²) in [5.74, 6) is 1.74. The number of nitrogens with one attached hydrogen (secondary N) is 1. The van der Waals surface area contributed by atoms with Crippen LogP contribution in [0, 0.1) is 5.92 Å². The number of methoxy groups -OCH3 is 1. The van der Waals surface area contributed by atoms with Crippen molar-refractivity contribution in [3.63, 3.8) is 0 Å². The van der Waals surface area contributed by atoms with Crippen molar-refractivity contribution in [2.24, 2.45) is 16.6 Å². The Hall–Kier alpha value is -1.79. The molecule has 0 aromatic heterocycles. The molecule has 1 unspecified atom stereocenters. The highest BCUT2D eigenvalue weighted by atomic mass is 16.7. The van der Waals surface area contributed by atoms with Crippen molar-refractivity contribution in [3.8, 4) is 5.75 Å². The van der Waals surface area contributed by atoms with Gasteiger partial charge in [-0.3, -0.25) is 4.99 Å². The predicted molar refractivity (Wildman–Crippen MR) is 102 cm³/mol. The van der Waals surface area contributed by atoms with E-state index in [1.54, 1.807) is 7.11 Å². The molecule has 0 bridgehead atoms. The van der Waals surface area contributed by atoms with E-state index in [1.165, 1.54) is 18.4 Å². The summed E-state index contributed by atoms with van der Waals surface area (Å²) in [7, 11) is 1.67. The summed E-state index contributed by atoms with van der Waals surface area (Å²) in [6.45, 7) is 4.18. The van der Waals surface area contributed by atoms with E-state index in [4.69, 9.17) is 19.9 Å². The smallest absolute Gasteiger partial charge is 0.188 e. The lowest BCUT2D eigenvalue weighted by Crippen LogP contribution is -2.36. The van der Waals surface area contributed by atoms with Crippen molar-refractivity contribution in [2.45, 2.75) is 50.9 Å². The Labute approximate surface area is 156 Å². The summed E-state index contributed by atoms with van der Waals surface area (Å²) in [6, 6.07) is 8.04. The van der Waals surface area contributed by atoms with Crippen LogP contribution in [0.2, 0.25) is 0 Å². The third-order valence-electron chi connectivity index (χ3n) is 5.29. The standard InChI is InChI=1S/C20H31N3O3/c1-15-7-10-20(11-8-15)25-14-18(26-20)13-23-19(21)22-12-9-16-3-5-17(24-2)6-4-16/h3-6,15,18H,7-14H2,1-2H3,(H3,21,22,23). The molecule has 144 valence electrons. The van der Waals surface area contributed by atoms with Gasteiger partial charge >= 0.3 is 0 Å². The maximum Gasteiger partial charge on any atom is 0.188 e. The van der Waals surface area contributed by atoms with Gasteiger partial charge in [-0.1, -0.05) is 19.1 Å². The van der Waals surface area contributed by atoms with Crippen LogP contribution in [0.5, 0.6) is 5.75 Å². The molecule has 1 aliphatic carbocycles. The molecule has 6 heteroatoms. The van der Waals surface area contributed by atoms with Crippen LogP contribution in [0.15, 0.2) is 29.3 Å². The predicted octanol–water partition coefficient (Wildman–Crippen LogP) is 2.46. The highest BCUT2D eigenvalue weighted by Crippen LogP contribution is 2.39. The van der Waals surface area contributed by atoms with Crippen molar-refractivity contribution in [2.75, 3.05) is 26.8 Å². The normalized spacial score (nSPS) is 29.1. The SMILES string of the molecule is COc1ccc(CCNC(N)=NCC2COC3(CCC(C)CC3)O2)cc1. The molecular weight excluding hydrogens is 330 g/mol. The molecule has 1 saturated heterocycles. The van der Waals surface area contributed by atoms with E-state index in [0.29, 0.717) is 19.1 Å². The number of ether oxygens (including phenoxy) is 3. The monoisotopic (exact) mass is 361 g/mol. The van der Waals surface area contributed by atoms with Crippen LogP contribution in [-0.2, 0) is 15.9 Å². The Balaban J connectivity index is 1.37. The van der Waals surface area contributed by atoms with Gasteiger partial charge in [-0.05, 0) is 42.9 Å². The number of aliphatic imine (C=N–C) groups is 1. The van der Waals surface area contributed by atoms with Gasteiger partial charge in [0.25, 0.3) is 0 Å². The Morgan fingerprint density at radius 1 is 1.31 bits per heavy atom. The van der Waals surface area contributed by atoms with Crippen LogP contribution in [0.4, 0.5) is 0 Å². The Kier molecular flexibility index (Phi) is 6.38. The van der Waals surface area contributed by atoms with Crippen molar-refractivity contribution < 1.29 is 14.2 Å². The van der Waals surface area contributed by atoms with Crippen LogP contribution in [0.25, 0.3) is 0 Å². The average molecular weight is 361 g/mol. The summed E-state index contributed by atoms with van der Waals surface area (Å²) < 4.78 is 17.3. The lowest BCUT2D eigenvalue weighted by molar-refractivity contribution is -0.190. The Bertz CT molecular complexity index is 595. The molecule has 2 aliphatic rings. The molecule has 1 aliphatic heterocycles. The third-order valence-corrected chi connectivity index (χ3v) is 5.29. The molecule has 1 aromatic rings. The van der Waals surface area contributed by atoms with E-state index >= 15 is 0 Å². The molecule has 1 atom stereocenters. The zero-order valence-corrected chi connectivity index (χ0v) is 15.9. The minimum absolute atomic E-state index is 0.00495. The van der Waals surface area contributed by atoms with E-state index in [0.717, 1.165) is 37.5 Å². The third kappa shape index (κ3) is 5.11. The topological polar surface area (TPSA) is 78.1 Å². The molecule has 1 saturated carbocycles. The second kappa shape index (κ2) is 8.73. The molecule has 1 heterocycles. The fourth-order valence-electron chi connectivity index (χ4n) is 3.55. The molecule has 0 amide bonds. The van der Waals surface area contributed by atoms with Gasteiger partial charge in [-0.2, -0.15) is 0 Å². The van der Waals surface area contributed by atoms with E-state index in [2.05, 4.69) is 29.4 Å². The fourth-order valence-corrected chi connectivity index (χ4v) is 3.55. The number of nitrogens with zero attached hydrogens (tertiary/aromatic N) is 1. The minimum Gasteiger partial charge on any atom is -0.497 e. The van der Waals surface area contributed by atoms with Gasteiger partial charge in [-0.15, -0.1) is 0 Å². The van der Waals surface area contributed by atoms with Crippen LogP contribution in [-0.4, -0.2) is 44.7 Å². The van der Waals surface area contributed by atoms with Gasteiger partial charge in [0.15, 0.2) is 11.7 Å². The molecule has 2 fully saturated rings. The van der Waals surface area contributed by atoms with Crippen molar-refractivity contribution >= 4 is 5.96 Å². The highest BCUT2D eigenvalue weighted by Gasteiger charge is 2.43. The number of guanidine groups is 1. The molecule has 6 nitrogen and oxygen atoms in total. The number of rotatable bonds is 6. The zero-order valence-electron chi connectivity index (χ0n) is 15.9. The van der Waals surface area contributed by atoms with E-state index in [9.17, 15) is 0 Å². The van der Waals surface area contributed by atoms with Gasteiger partial charge in [-0.25, -0.2) is 0 Å². The first-order chi connectivity index (χ1) is 12.6. The van der Waals surface area contributed by atoms with Gasteiger partial charge in [0.1, 0.15) is 11.9 Å². The molecule has 1 aromatic carbocycles. The first-order valence-corrected chi connectivity index (χ1v) is 9.57. The molecule has 1 spiro atoms. The first kappa shape index (κ1) is 19.0. The number of nitrogens with two attached hydrogens (primary N) is 1. The van der Waals surface area contributed by atoms with E-state index in [-0.39, 0.29) is 11.9 Å². The van der Waals surface area contributed by atoms with Crippen LogP contribution in [0.3, 0.4) is 0 Å². The van der Waals surface area contributed by atoms with Crippen LogP contribution < -0.4 is 15.8 Å². The van der Waals surface area contributed by atoms with Gasteiger partial charge < -0.3 is 25.3 Å². The molecule has 3 N–H and O–H groups in total. The molecule has 0 radical (unpaired) electrons. The molecule has 26 heavy (non-hydrogen) atoms. The summed E-state index contributed by atoms with van der Waals surface area (Å²) in [4.78, 5) is 4.42. The average Bonchev–Trinajstić information content (AvgIpc) is 3.06. The summed E-state index contributed by atoms with van der Waals surface area (Å²) in [6.07, 6.45) is 5.21. The van der Waals surface area contributed by atoms with Crippen LogP contribution in [0.1, 0.15) is 38.2 Å². The lowest BCUT2D eigenvalue weighted by atomic mass is 9.86. The number of hydrogen-bond donors (Lipinski definition) is 2. The first-order valence-electron chi connectivity index (χ1n) is 9.57. The summed E-state index contributed by atoms with van der Waals surface area (Å²) in [5.41, 5.74) is 7.20. The van der Waals surface area contributed by atoms with Crippen LogP contribution >= 0.6 is 0 Å². The largest absolute Gasteiger partial charge is 0.497 e. The van der Waals surface area contributed by atoms with Gasteiger partial charge in [0.05, 0.1) is 20.3 Å². The van der Waals surface area contributed by atoms with Gasteiger partial charge in [0, 0.05) is 19.4 Å².